The number of anilines is 1. The summed E-state index contributed by atoms with van der Waals surface area (Å²) < 4.78 is 5.09. The van der Waals surface area contributed by atoms with Gasteiger partial charge in [-0.05, 0) is 43.5 Å². The number of rotatable bonds is 4. The Labute approximate surface area is 166 Å². The van der Waals surface area contributed by atoms with Gasteiger partial charge in [-0.25, -0.2) is 4.79 Å². The highest BCUT2D eigenvalue weighted by Crippen LogP contribution is 2.33. The lowest BCUT2D eigenvalue weighted by atomic mass is 10.1. The molecule has 0 saturated carbocycles. The SMILES string of the molecule is COCCN1C(=O)C2C(NC3N(c4ccc(C)c(C)c4)CCCN23)N(C)C1=O. The van der Waals surface area contributed by atoms with Crippen LogP contribution in [0.4, 0.5) is 10.5 Å². The number of urea groups is 1. The van der Waals surface area contributed by atoms with Crippen LogP contribution in [0.2, 0.25) is 0 Å². The van der Waals surface area contributed by atoms with Crippen LogP contribution in [0.15, 0.2) is 18.2 Å². The van der Waals surface area contributed by atoms with Gasteiger partial charge in [0.15, 0.2) is 0 Å². The van der Waals surface area contributed by atoms with Gasteiger partial charge in [0.05, 0.1) is 13.2 Å². The van der Waals surface area contributed by atoms with Crippen molar-refractivity contribution in [3.05, 3.63) is 29.3 Å². The molecule has 0 spiro atoms. The average Bonchev–Trinajstić information content (AvgIpc) is 3.08. The third kappa shape index (κ3) is 2.96. The number of fused-ring (bicyclic) bond motifs is 3. The number of carbonyl (C=O) groups excluding carboxylic acids is 2. The second-order valence-electron chi connectivity index (χ2n) is 7.86. The summed E-state index contributed by atoms with van der Waals surface area (Å²) >= 11 is 0. The zero-order chi connectivity index (χ0) is 20.0. The van der Waals surface area contributed by atoms with Gasteiger partial charge < -0.3 is 14.5 Å². The lowest BCUT2D eigenvalue weighted by Gasteiger charge is -2.44. The molecule has 3 heterocycles. The molecule has 0 aliphatic carbocycles. The summed E-state index contributed by atoms with van der Waals surface area (Å²) in [6.45, 7) is 6.58. The number of aryl methyl sites for hydroxylation is 2. The second-order valence-corrected chi connectivity index (χ2v) is 7.86. The number of nitrogens with one attached hydrogen (secondary N) is 1. The van der Waals surface area contributed by atoms with Crippen LogP contribution in [-0.4, -0.2) is 85.5 Å². The molecule has 3 aliphatic heterocycles. The molecule has 8 nitrogen and oxygen atoms in total. The second kappa shape index (κ2) is 7.35. The van der Waals surface area contributed by atoms with E-state index in [2.05, 4.69) is 47.2 Å². The van der Waals surface area contributed by atoms with E-state index in [1.54, 1.807) is 19.1 Å². The van der Waals surface area contributed by atoms with Crippen molar-refractivity contribution in [3.63, 3.8) is 0 Å². The number of benzene rings is 1. The van der Waals surface area contributed by atoms with Crippen LogP contribution in [0.3, 0.4) is 0 Å². The zero-order valence-corrected chi connectivity index (χ0v) is 17.0. The highest BCUT2D eigenvalue weighted by molar-refractivity contribution is 6.00. The predicted molar refractivity (Wildman–Crippen MR) is 106 cm³/mol. The number of carbonyl (C=O) groups is 2. The first kappa shape index (κ1) is 19.2. The van der Waals surface area contributed by atoms with Gasteiger partial charge in [-0.15, -0.1) is 0 Å². The molecule has 0 radical (unpaired) electrons. The Morgan fingerprint density at radius 3 is 2.68 bits per heavy atom. The Kier molecular flexibility index (Phi) is 5.03. The largest absolute Gasteiger partial charge is 0.383 e. The van der Waals surface area contributed by atoms with Crippen LogP contribution in [0.1, 0.15) is 17.5 Å². The molecule has 1 N–H and O–H groups in total. The van der Waals surface area contributed by atoms with E-state index >= 15 is 0 Å². The third-order valence-electron chi connectivity index (χ3n) is 6.21. The van der Waals surface area contributed by atoms with E-state index in [4.69, 9.17) is 4.74 Å². The van der Waals surface area contributed by atoms with Gasteiger partial charge in [-0.3, -0.25) is 19.9 Å². The van der Waals surface area contributed by atoms with Gasteiger partial charge >= 0.3 is 6.03 Å². The fraction of sp³-hybridized carbons (Fsp3) is 0.600. The molecule has 4 rings (SSSR count). The third-order valence-corrected chi connectivity index (χ3v) is 6.21. The Balaban J connectivity index is 1.63. The van der Waals surface area contributed by atoms with Gasteiger partial charge in [0.1, 0.15) is 18.5 Å². The van der Waals surface area contributed by atoms with Crippen LogP contribution < -0.4 is 10.2 Å². The lowest BCUT2D eigenvalue weighted by molar-refractivity contribution is -0.139. The standard InChI is InChI=1S/C20H29N5O3/c1-13-6-7-15(12-14(13)2)23-8-5-9-24-16-17(21-19(23)24)22(3)20(27)25(18(16)26)10-11-28-4/h6-7,12,16-17,19,21H,5,8-11H2,1-4H3. The lowest BCUT2D eigenvalue weighted by Crippen LogP contribution is -2.66. The van der Waals surface area contributed by atoms with Crippen LogP contribution in [0.25, 0.3) is 0 Å². The van der Waals surface area contributed by atoms with Crippen LogP contribution >= 0.6 is 0 Å². The minimum Gasteiger partial charge on any atom is -0.383 e. The van der Waals surface area contributed by atoms with E-state index in [-0.39, 0.29) is 37.0 Å². The molecule has 3 aliphatic rings. The maximum absolute atomic E-state index is 13.2. The van der Waals surface area contributed by atoms with Crippen molar-refractivity contribution in [1.82, 2.24) is 20.0 Å². The van der Waals surface area contributed by atoms with E-state index in [0.29, 0.717) is 6.61 Å². The number of imide groups is 1. The number of amides is 3. The first-order valence-corrected chi connectivity index (χ1v) is 9.87. The van der Waals surface area contributed by atoms with Crippen LogP contribution in [0, 0.1) is 13.8 Å². The number of ether oxygens (including phenoxy) is 1. The molecule has 3 amide bonds. The van der Waals surface area contributed by atoms with E-state index in [1.807, 2.05) is 0 Å². The quantitative estimate of drug-likeness (QED) is 0.829. The van der Waals surface area contributed by atoms with Crippen molar-refractivity contribution in [3.8, 4) is 0 Å². The summed E-state index contributed by atoms with van der Waals surface area (Å²) in [6.07, 6.45) is 0.542. The van der Waals surface area contributed by atoms with E-state index in [1.165, 1.54) is 16.0 Å². The Hall–Kier alpha value is -2.16. The summed E-state index contributed by atoms with van der Waals surface area (Å²) in [5.74, 6) is -0.137. The predicted octanol–water partition coefficient (Wildman–Crippen LogP) is 0.937. The van der Waals surface area contributed by atoms with E-state index in [9.17, 15) is 9.59 Å². The maximum atomic E-state index is 13.2. The summed E-state index contributed by atoms with van der Waals surface area (Å²) in [5.41, 5.74) is 3.65. The van der Waals surface area contributed by atoms with Gasteiger partial charge in [0, 0.05) is 32.9 Å². The number of nitrogens with zero attached hydrogens (tertiary/aromatic N) is 4. The van der Waals surface area contributed by atoms with Gasteiger partial charge in [-0.1, -0.05) is 6.07 Å². The first-order chi connectivity index (χ1) is 13.4. The topological polar surface area (TPSA) is 68.4 Å². The molecule has 3 atom stereocenters. The van der Waals surface area contributed by atoms with Crippen LogP contribution in [0.5, 0.6) is 0 Å². The van der Waals surface area contributed by atoms with E-state index < -0.39 is 0 Å². The van der Waals surface area contributed by atoms with Crippen LogP contribution in [-0.2, 0) is 9.53 Å². The summed E-state index contributed by atoms with van der Waals surface area (Å²) in [6, 6.07) is 5.83. The maximum Gasteiger partial charge on any atom is 0.327 e. The molecule has 28 heavy (non-hydrogen) atoms. The average molecular weight is 387 g/mol. The van der Waals surface area contributed by atoms with Gasteiger partial charge in [0.2, 0.25) is 0 Å². The molecule has 1 aromatic rings. The molecule has 3 saturated heterocycles. The molecule has 152 valence electrons. The number of hydrogen-bond acceptors (Lipinski definition) is 6. The Bertz CT molecular complexity index is 785. The first-order valence-electron chi connectivity index (χ1n) is 9.87. The highest BCUT2D eigenvalue weighted by Gasteiger charge is 2.55. The summed E-state index contributed by atoms with van der Waals surface area (Å²) in [5, 5.41) is 3.54. The molecule has 3 unspecified atom stereocenters. The van der Waals surface area contributed by atoms with Crippen molar-refractivity contribution >= 4 is 17.6 Å². The smallest absolute Gasteiger partial charge is 0.327 e. The molecule has 0 bridgehead atoms. The minimum atomic E-state index is -0.376. The fourth-order valence-electron chi connectivity index (χ4n) is 4.48. The number of methoxy groups -OCH3 is 1. The molecule has 8 heteroatoms. The van der Waals surface area contributed by atoms with Crippen molar-refractivity contribution < 1.29 is 14.3 Å². The Morgan fingerprint density at radius 1 is 1.18 bits per heavy atom. The molecular formula is C20H29N5O3. The monoisotopic (exact) mass is 387 g/mol. The molecular weight excluding hydrogens is 358 g/mol. The van der Waals surface area contributed by atoms with Gasteiger partial charge in [-0.2, -0.15) is 0 Å². The van der Waals surface area contributed by atoms with Crippen molar-refractivity contribution in [2.45, 2.75) is 38.8 Å². The normalized spacial score (nSPS) is 28.0. The zero-order valence-electron chi connectivity index (χ0n) is 17.0. The summed E-state index contributed by atoms with van der Waals surface area (Å²) in [7, 11) is 3.34. The fourth-order valence-corrected chi connectivity index (χ4v) is 4.48. The Morgan fingerprint density at radius 2 is 1.96 bits per heavy atom. The van der Waals surface area contributed by atoms with Crippen molar-refractivity contribution in [2.75, 3.05) is 45.3 Å². The van der Waals surface area contributed by atoms with E-state index in [0.717, 1.165) is 25.2 Å². The van der Waals surface area contributed by atoms with Gasteiger partial charge in [0.25, 0.3) is 5.91 Å². The molecule has 0 aromatic heterocycles. The van der Waals surface area contributed by atoms with Crippen molar-refractivity contribution in [1.29, 1.82) is 0 Å². The molecule has 3 fully saturated rings. The molecule has 1 aromatic carbocycles. The summed E-state index contributed by atoms with van der Waals surface area (Å²) in [4.78, 5) is 33.4. The number of likely N-dealkylation sites (N-methyl/N-ethyl adjacent to an activating group) is 1. The van der Waals surface area contributed by atoms with Crippen molar-refractivity contribution in [2.24, 2.45) is 0 Å². The number of hydrogen-bond donors (Lipinski definition) is 1. The highest BCUT2D eigenvalue weighted by atomic mass is 16.5. The minimum absolute atomic E-state index is 0.104.